The number of benzene rings is 2. The number of hydrogen-bond acceptors (Lipinski definition) is 5. The van der Waals surface area contributed by atoms with E-state index in [4.69, 9.17) is 12.2 Å². The van der Waals surface area contributed by atoms with Crippen LogP contribution in [-0.4, -0.2) is 46.9 Å². The maximum absolute atomic E-state index is 11.4. The van der Waals surface area contributed by atoms with Gasteiger partial charge in [-0.25, -0.2) is 0 Å². The van der Waals surface area contributed by atoms with Gasteiger partial charge in [-0.2, -0.15) is 0 Å². The molecule has 0 saturated carbocycles. The van der Waals surface area contributed by atoms with Gasteiger partial charge in [0.25, 0.3) is 5.69 Å². The van der Waals surface area contributed by atoms with Gasteiger partial charge in [-0.1, -0.05) is 0 Å². The molecule has 2 aromatic rings. The lowest BCUT2D eigenvalue weighted by Gasteiger charge is -2.37. The molecule has 0 unspecified atom stereocenters. The minimum Gasteiger partial charge on any atom is -0.368 e. The molecule has 1 saturated heterocycles. The third-order valence-corrected chi connectivity index (χ3v) is 4.90. The third kappa shape index (κ3) is 4.59. The number of ketones is 1. The average Bonchev–Trinajstić information content (AvgIpc) is 2.68. The van der Waals surface area contributed by atoms with Crippen LogP contribution in [0.25, 0.3) is 0 Å². The van der Waals surface area contributed by atoms with Crippen LogP contribution in [0.1, 0.15) is 17.3 Å². The van der Waals surface area contributed by atoms with Gasteiger partial charge < -0.3 is 15.1 Å². The minimum absolute atomic E-state index is 0.0517. The second-order valence-electron chi connectivity index (χ2n) is 6.31. The summed E-state index contributed by atoms with van der Waals surface area (Å²) in [5.74, 6) is 0.0639. The lowest BCUT2D eigenvalue weighted by Crippen LogP contribution is -2.50. The van der Waals surface area contributed by atoms with Gasteiger partial charge in [0.05, 0.1) is 4.92 Å². The van der Waals surface area contributed by atoms with Crippen molar-refractivity contribution in [3.63, 3.8) is 0 Å². The summed E-state index contributed by atoms with van der Waals surface area (Å²) in [6, 6.07) is 13.9. The Morgan fingerprint density at radius 3 is 2.15 bits per heavy atom. The van der Waals surface area contributed by atoms with Crippen molar-refractivity contribution >= 4 is 40.2 Å². The molecule has 140 valence electrons. The minimum atomic E-state index is -0.426. The first-order valence-electron chi connectivity index (χ1n) is 8.60. The van der Waals surface area contributed by atoms with Crippen LogP contribution in [0.15, 0.2) is 48.5 Å². The molecule has 1 fully saturated rings. The molecule has 0 bridgehead atoms. The topological polar surface area (TPSA) is 78.7 Å². The van der Waals surface area contributed by atoms with Gasteiger partial charge in [-0.3, -0.25) is 14.9 Å². The molecule has 27 heavy (non-hydrogen) atoms. The number of nitrogens with zero attached hydrogens (tertiary/aromatic N) is 3. The zero-order chi connectivity index (χ0) is 19.4. The summed E-state index contributed by atoms with van der Waals surface area (Å²) in [5.41, 5.74) is 2.59. The van der Waals surface area contributed by atoms with Gasteiger partial charge in [0.1, 0.15) is 0 Å². The molecule has 0 aliphatic carbocycles. The van der Waals surface area contributed by atoms with Gasteiger partial charge >= 0.3 is 0 Å². The van der Waals surface area contributed by atoms with E-state index in [0.717, 1.165) is 37.6 Å². The highest BCUT2D eigenvalue weighted by atomic mass is 32.1. The Morgan fingerprint density at radius 1 is 1.04 bits per heavy atom. The van der Waals surface area contributed by atoms with E-state index in [0.29, 0.717) is 10.7 Å². The first-order valence-corrected chi connectivity index (χ1v) is 9.01. The summed E-state index contributed by atoms with van der Waals surface area (Å²) in [7, 11) is 0. The number of carbonyl (C=O) groups is 1. The van der Waals surface area contributed by atoms with Crippen molar-refractivity contribution < 1.29 is 9.72 Å². The van der Waals surface area contributed by atoms with E-state index in [1.54, 1.807) is 19.1 Å². The van der Waals surface area contributed by atoms with Crippen molar-refractivity contribution in [2.75, 3.05) is 36.4 Å². The Balaban J connectivity index is 1.54. The van der Waals surface area contributed by atoms with Crippen LogP contribution in [0.5, 0.6) is 0 Å². The van der Waals surface area contributed by atoms with Crippen molar-refractivity contribution in [3.05, 3.63) is 64.2 Å². The molecule has 0 aromatic heterocycles. The number of Topliss-reactive ketones (excluding diaryl/α,β-unsaturated/α-hetero) is 1. The second-order valence-corrected chi connectivity index (χ2v) is 6.70. The first-order chi connectivity index (χ1) is 12.9. The fourth-order valence-electron chi connectivity index (χ4n) is 2.94. The average molecular weight is 384 g/mol. The standard InChI is InChI=1S/C19H20N4O3S/c1-14(24)15-2-6-17(7-3-15)21-10-12-22(13-11-21)19(27)20-16-4-8-18(9-5-16)23(25)26/h2-9H,10-13H2,1H3,(H,20,27). The van der Waals surface area contributed by atoms with Gasteiger partial charge in [0.2, 0.25) is 0 Å². The highest BCUT2D eigenvalue weighted by Crippen LogP contribution is 2.19. The monoisotopic (exact) mass is 384 g/mol. The van der Waals surface area contributed by atoms with E-state index in [1.807, 2.05) is 24.3 Å². The SMILES string of the molecule is CC(=O)c1ccc(N2CCN(C(=S)Nc3ccc([N+](=O)[O-])cc3)CC2)cc1. The Bertz CT molecular complexity index is 844. The maximum atomic E-state index is 11.4. The molecular formula is C19H20N4O3S. The molecule has 0 spiro atoms. The number of non-ortho nitro benzene ring substituents is 1. The van der Waals surface area contributed by atoms with E-state index in [1.165, 1.54) is 12.1 Å². The molecule has 0 amide bonds. The fourth-order valence-corrected chi connectivity index (χ4v) is 3.24. The van der Waals surface area contributed by atoms with Crippen molar-refractivity contribution in [1.82, 2.24) is 4.90 Å². The Kier molecular flexibility index (Phi) is 5.66. The van der Waals surface area contributed by atoms with Crippen LogP contribution in [0, 0.1) is 10.1 Å². The van der Waals surface area contributed by atoms with Crippen molar-refractivity contribution in [2.45, 2.75) is 6.92 Å². The fraction of sp³-hybridized carbons (Fsp3) is 0.263. The number of rotatable bonds is 4. The molecule has 1 heterocycles. The van der Waals surface area contributed by atoms with Crippen LogP contribution in [-0.2, 0) is 0 Å². The quantitative estimate of drug-likeness (QED) is 0.375. The highest BCUT2D eigenvalue weighted by molar-refractivity contribution is 7.80. The second kappa shape index (κ2) is 8.13. The van der Waals surface area contributed by atoms with Crippen LogP contribution >= 0.6 is 12.2 Å². The van der Waals surface area contributed by atoms with Crippen molar-refractivity contribution in [3.8, 4) is 0 Å². The number of nitro groups is 1. The molecule has 1 aliphatic heterocycles. The summed E-state index contributed by atoms with van der Waals surface area (Å²) in [6.07, 6.45) is 0. The maximum Gasteiger partial charge on any atom is 0.269 e. The third-order valence-electron chi connectivity index (χ3n) is 4.54. The van der Waals surface area contributed by atoms with Gasteiger partial charge in [-0.15, -0.1) is 0 Å². The first kappa shape index (κ1) is 18.8. The number of anilines is 2. The summed E-state index contributed by atoms with van der Waals surface area (Å²) in [6.45, 7) is 4.75. The number of piperazine rings is 1. The molecule has 1 aliphatic rings. The zero-order valence-corrected chi connectivity index (χ0v) is 15.7. The highest BCUT2D eigenvalue weighted by Gasteiger charge is 2.19. The van der Waals surface area contributed by atoms with E-state index in [2.05, 4.69) is 15.1 Å². The number of carbonyl (C=O) groups excluding carboxylic acids is 1. The molecule has 8 heteroatoms. The molecule has 3 rings (SSSR count). The van der Waals surface area contributed by atoms with Gasteiger partial charge in [0.15, 0.2) is 10.9 Å². The number of nitrogens with one attached hydrogen (secondary N) is 1. The van der Waals surface area contributed by atoms with Crippen LogP contribution in [0.4, 0.5) is 17.1 Å². The predicted molar refractivity (Wildman–Crippen MR) is 110 cm³/mol. The van der Waals surface area contributed by atoms with E-state index < -0.39 is 4.92 Å². The Hall–Kier alpha value is -3.00. The summed E-state index contributed by atoms with van der Waals surface area (Å²) >= 11 is 5.47. The molecular weight excluding hydrogens is 364 g/mol. The van der Waals surface area contributed by atoms with Crippen LogP contribution < -0.4 is 10.2 Å². The predicted octanol–water partition coefficient (Wildman–Crippen LogP) is 3.32. The Morgan fingerprint density at radius 2 is 1.63 bits per heavy atom. The van der Waals surface area contributed by atoms with E-state index in [-0.39, 0.29) is 11.5 Å². The summed E-state index contributed by atoms with van der Waals surface area (Å²) in [4.78, 5) is 26.0. The normalized spacial score (nSPS) is 14.0. The summed E-state index contributed by atoms with van der Waals surface area (Å²) in [5, 5.41) is 14.4. The Labute approximate surface area is 162 Å². The van der Waals surface area contributed by atoms with E-state index >= 15 is 0 Å². The lowest BCUT2D eigenvalue weighted by molar-refractivity contribution is -0.384. The van der Waals surface area contributed by atoms with E-state index in [9.17, 15) is 14.9 Å². The molecule has 0 atom stereocenters. The number of hydrogen-bond donors (Lipinski definition) is 1. The number of thiocarbonyl (C=S) groups is 1. The largest absolute Gasteiger partial charge is 0.368 e. The van der Waals surface area contributed by atoms with Crippen LogP contribution in [0.2, 0.25) is 0 Å². The molecule has 7 nitrogen and oxygen atoms in total. The number of nitro benzene ring substituents is 1. The van der Waals surface area contributed by atoms with Crippen molar-refractivity contribution in [1.29, 1.82) is 0 Å². The van der Waals surface area contributed by atoms with Gasteiger partial charge in [-0.05, 0) is 55.5 Å². The van der Waals surface area contributed by atoms with Gasteiger partial charge in [0, 0.05) is 55.2 Å². The molecule has 0 radical (unpaired) electrons. The molecule has 2 aromatic carbocycles. The summed E-state index contributed by atoms with van der Waals surface area (Å²) < 4.78 is 0. The van der Waals surface area contributed by atoms with Crippen molar-refractivity contribution in [2.24, 2.45) is 0 Å². The van der Waals surface area contributed by atoms with Crippen LogP contribution in [0.3, 0.4) is 0 Å². The molecule has 1 N–H and O–H groups in total. The smallest absolute Gasteiger partial charge is 0.269 e. The zero-order valence-electron chi connectivity index (χ0n) is 14.9. The lowest BCUT2D eigenvalue weighted by atomic mass is 10.1.